The number of nitrogens with zero attached hydrogens (tertiary/aromatic N) is 1. The molecule has 4 N–H and O–H groups in total. The Labute approximate surface area is 167 Å². The zero-order valence-electron chi connectivity index (χ0n) is 14.6. The molecule has 0 saturated carbocycles. The molecule has 12 heteroatoms. The van der Waals surface area contributed by atoms with Crippen LogP contribution in [0, 0.1) is 0 Å². The number of rotatable bonds is 7. The Balaban J connectivity index is 1.79. The fraction of sp³-hybridized carbons (Fsp3) is 0.375. The van der Waals surface area contributed by atoms with Gasteiger partial charge >= 0.3 is 12.1 Å². The summed E-state index contributed by atoms with van der Waals surface area (Å²) in [5, 5.41) is 14.7. The number of hydrogen-bond donors (Lipinski definition) is 3. The number of hydrogen-bond acceptors (Lipinski definition) is 8. The van der Waals surface area contributed by atoms with Crippen LogP contribution < -0.4 is 11.1 Å². The molecule has 3 amide bonds. The Bertz CT molecular complexity index is 841. The number of thiophene rings is 1. The van der Waals surface area contributed by atoms with E-state index >= 15 is 0 Å². The van der Waals surface area contributed by atoms with E-state index in [1.165, 1.54) is 23.9 Å². The van der Waals surface area contributed by atoms with E-state index in [0.29, 0.717) is 0 Å². The third-order valence-corrected chi connectivity index (χ3v) is 6.44. The first-order valence-corrected chi connectivity index (χ1v) is 9.83. The maximum atomic E-state index is 12.8. The Kier molecular flexibility index (Phi) is 5.63. The monoisotopic (exact) mass is 427 g/mol. The molecular weight excluding hydrogens is 410 g/mol. The molecule has 0 radical (unpaired) electrons. The number of fused-ring (bicyclic) bond motifs is 1. The molecule has 3 rings (SSSR count). The van der Waals surface area contributed by atoms with E-state index in [9.17, 15) is 24.3 Å². The minimum absolute atomic E-state index is 0.0728. The fourth-order valence-electron chi connectivity index (χ4n) is 3.06. The molecule has 0 bridgehead atoms. The van der Waals surface area contributed by atoms with Crippen LogP contribution in [0.15, 0.2) is 28.5 Å². The van der Waals surface area contributed by atoms with Crippen LogP contribution in [0.1, 0.15) is 4.88 Å². The summed E-state index contributed by atoms with van der Waals surface area (Å²) in [5.74, 6) is -2.41. The normalized spacial score (nSPS) is 26.0. The van der Waals surface area contributed by atoms with Crippen LogP contribution in [0.5, 0.6) is 0 Å². The SMILES string of the molecule is CO[C@@]1(NC(=O)Cc2cccs2)C(=O)N2[C@@H](C(=O)O)C(COC(N)=O)=CS[C@@H]21. The smallest absolute Gasteiger partial charge is 0.404 e. The second kappa shape index (κ2) is 7.81. The third kappa shape index (κ3) is 3.45. The lowest BCUT2D eigenvalue weighted by atomic mass is 9.94. The lowest BCUT2D eigenvalue weighted by molar-refractivity contribution is -0.201. The largest absolute Gasteiger partial charge is 0.479 e. The van der Waals surface area contributed by atoms with Crippen molar-refractivity contribution in [1.82, 2.24) is 10.2 Å². The summed E-state index contributed by atoms with van der Waals surface area (Å²) in [6, 6.07) is 2.25. The number of carboxylic acid groups (broad SMARTS) is 1. The molecule has 3 heterocycles. The van der Waals surface area contributed by atoms with Crippen molar-refractivity contribution in [1.29, 1.82) is 0 Å². The standard InChI is InChI=1S/C16H17N3O7S2/c1-25-16(18-10(20)5-9-3-2-4-27-9)13(23)19-11(12(21)22)8(6-26-15(17)24)7-28-14(16)19/h2-4,7,11,14H,5-6H2,1H3,(H2,17,24)(H,18,20)(H,21,22)/t11-,14-,16+/m1/s1. The summed E-state index contributed by atoms with van der Waals surface area (Å²) in [5.41, 5.74) is 3.44. The van der Waals surface area contributed by atoms with Gasteiger partial charge in [0.2, 0.25) is 5.91 Å². The van der Waals surface area contributed by atoms with Gasteiger partial charge in [0.1, 0.15) is 12.0 Å². The summed E-state index contributed by atoms with van der Waals surface area (Å²) >= 11 is 2.49. The minimum atomic E-state index is -1.67. The van der Waals surface area contributed by atoms with Gasteiger partial charge in [-0.25, -0.2) is 9.59 Å². The van der Waals surface area contributed by atoms with Crippen LogP contribution in [-0.2, 0) is 30.3 Å². The molecule has 2 aliphatic heterocycles. The van der Waals surface area contributed by atoms with Gasteiger partial charge in [0.15, 0.2) is 6.04 Å². The van der Waals surface area contributed by atoms with Crippen molar-refractivity contribution in [2.24, 2.45) is 5.73 Å². The quantitative estimate of drug-likeness (QED) is 0.410. The molecule has 3 atom stereocenters. The van der Waals surface area contributed by atoms with Crippen molar-refractivity contribution >= 4 is 47.0 Å². The van der Waals surface area contributed by atoms with E-state index in [2.05, 4.69) is 10.1 Å². The van der Waals surface area contributed by atoms with Crippen molar-refractivity contribution in [3.8, 4) is 0 Å². The topological polar surface area (TPSA) is 148 Å². The number of amides is 3. The molecular formula is C16H17N3O7S2. The van der Waals surface area contributed by atoms with Gasteiger partial charge in [-0.15, -0.1) is 23.1 Å². The molecule has 1 saturated heterocycles. The predicted octanol–water partition coefficient (Wildman–Crippen LogP) is 0.0970. The van der Waals surface area contributed by atoms with E-state index in [-0.39, 0.29) is 18.6 Å². The van der Waals surface area contributed by atoms with E-state index in [1.54, 1.807) is 6.07 Å². The highest BCUT2D eigenvalue weighted by Crippen LogP contribution is 2.46. The average molecular weight is 427 g/mol. The second-order valence-corrected chi connectivity index (χ2v) is 7.97. The van der Waals surface area contributed by atoms with Crippen LogP contribution in [0.3, 0.4) is 0 Å². The number of β-lactam (4-membered cyclic amide) rings is 1. The molecule has 0 spiro atoms. The summed E-state index contributed by atoms with van der Waals surface area (Å²) < 4.78 is 10.0. The first-order valence-electron chi connectivity index (χ1n) is 8.01. The Hall–Kier alpha value is -2.57. The van der Waals surface area contributed by atoms with Crippen molar-refractivity contribution in [2.75, 3.05) is 13.7 Å². The minimum Gasteiger partial charge on any atom is -0.479 e. The fourth-order valence-corrected chi connectivity index (χ4v) is 5.07. The van der Waals surface area contributed by atoms with Gasteiger partial charge in [-0.05, 0) is 16.9 Å². The summed E-state index contributed by atoms with van der Waals surface area (Å²) in [7, 11) is 1.27. The van der Waals surface area contributed by atoms with Crippen molar-refractivity contribution in [3.05, 3.63) is 33.4 Å². The second-order valence-electron chi connectivity index (χ2n) is 5.99. The number of primary amides is 1. The molecule has 28 heavy (non-hydrogen) atoms. The van der Waals surface area contributed by atoms with Gasteiger partial charge in [0, 0.05) is 17.6 Å². The molecule has 1 fully saturated rings. The van der Waals surface area contributed by atoms with E-state index in [4.69, 9.17) is 10.5 Å². The lowest BCUT2D eigenvalue weighted by Gasteiger charge is -2.57. The molecule has 0 aliphatic carbocycles. The first kappa shape index (κ1) is 20.2. The van der Waals surface area contributed by atoms with E-state index in [1.807, 2.05) is 11.4 Å². The van der Waals surface area contributed by atoms with Crippen molar-refractivity contribution in [2.45, 2.75) is 23.6 Å². The van der Waals surface area contributed by atoms with Gasteiger partial charge in [0.05, 0.1) is 6.42 Å². The Morgan fingerprint density at radius 1 is 1.43 bits per heavy atom. The molecule has 1 aromatic rings. The van der Waals surface area contributed by atoms with Gasteiger partial charge < -0.3 is 30.5 Å². The number of nitrogens with two attached hydrogens (primary N) is 1. The maximum absolute atomic E-state index is 12.8. The number of thioether (sulfide) groups is 1. The van der Waals surface area contributed by atoms with Crippen molar-refractivity contribution < 1.29 is 33.8 Å². The van der Waals surface area contributed by atoms with Gasteiger partial charge in [-0.2, -0.15) is 0 Å². The number of aliphatic carboxylic acids is 1. The summed E-state index contributed by atoms with van der Waals surface area (Å²) in [6.07, 6.45) is -0.984. The number of carbonyl (C=O) groups excluding carboxylic acids is 3. The lowest BCUT2D eigenvalue weighted by Crippen LogP contribution is -2.83. The highest BCUT2D eigenvalue weighted by Gasteiger charge is 2.67. The van der Waals surface area contributed by atoms with Crippen LogP contribution in [0.4, 0.5) is 4.79 Å². The molecule has 2 aliphatic rings. The number of nitrogens with one attached hydrogen (secondary N) is 1. The number of ether oxygens (including phenoxy) is 2. The van der Waals surface area contributed by atoms with Gasteiger partial charge in [-0.1, -0.05) is 6.07 Å². The van der Waals surface area contributed by atoms with Gasteiger partial charge in [-0.3, -0.25) is 9.59 Å². The third-order valence-electron chi connectivity index (χ3n) is 4.31. The number of methoxy groups -OCH3 is 1. The zero-order valence-corrected chi connectivity index (χ0v) is 16.2. The highest BCUT2D eigenvalue weighted by molar-refractivity contribution is 8.03. The van der Waals surface area contributed by atoms with Crippen LogP contribution in [0.2, 0.25) is 0 Å². The predicted molar refractivity (Wildman–Crippen MR) is 99.2 cm³/mol. The Morgan fingerprint density at radius 3 is 2.75 bits per heavy atom. The number of carboxylic acids is 1. The van der Waals surface area contributed by atoms with E-state index < -0.39 is 41.0 Å². The Morgan fingerprint density at radius 2 is 2.18 bits per heavy atom. The van der Waals surface area contributed by atoms with Crippen LogP contribution >= 0.6 is 23.1 Å². The first-order chi connectivity index (χ1) is 13.3. The maximum Gasteiger partial charge on any atom is 0.404 e. The summed E-state index contributed by atoms with van der Waals surface area (Å²) in [6.45, 7) is -0.361. The van der Waals surface area contributed by atoms with Gasteiger partial charge in [0.25, 0.3) is 11.6 Å². The van der Waals surface area contributed by atoms with Crippen molar-refractivity contribution in [3.63, 3.8) is 0 Å². The molecule has 10 nitrogen and oxygen atoms in total. The zero-order chi connectivity index (χ0) is 20.5. The molecule has 1 aromatic heterocycles. The van der Waals surface area contributed by atoms with Crippen LogP contribution in [-0.4, -0.2) is 64.7 Å². The molecule has 0 unspecified atom stereocenters. The molecule has 150 valence electrons. The van der Waals surface area contributed by atoms with Crippen LogP contribution in [0.25, 0.3) is 0 Å². The average Bonchev–Trinajstić information content (AvgIpc) is 3.15. The highest BCUT2D eigenvalue weighted by atomic mass is 32.2. The number of carbonyl (C=O) groups is 4. The molecule has 0 aromatic carbocycles. The van der Waals surface area contributed by atoms with E-state index in [0.717, 1.165) is 21.5 Å². The summed E-state index contributed by atoms with van der Waals surface area (Å²) in [4.78, 5) is 49.7.